The summed E-state index contributed by atoms with van der Waals surface area (Å²) in [5, 5.41) is 2.98. The van der Waals surface area contributed by atoms with Gasteiger partial charge < -0.3 is 5.32 Å². The minimum atomic E-state index is 0. The Morgan fingerprint density at radius 3 is 2.35 bits per heavy atom. The van der Waals surface area contributed by atoms with E-state index in [9.17, 15) is 4.79 Å². The van der Waals surface area contributed by atoms with E-state index >= 15 is 0 Å². The van der Waals surface area contributed by atoms with Crippen LogP contribution in [0.4, 0.5) is 0 Å². The van der Waals surface area contributed by atoms with Crippen LogP contribution in [-0.2, 0) is 4.79 Å². The molecule has 0 aliphatic rings. The minimum absolute atomic E-state index is 0. The molecule has 1 N–H and O–H groups in total. The molecule has 0 unspecified atom stereocenters. The molecule has 3 nitrogen and oxygen atoms in total. The minimum Gasteiger partial charge on any atom is -0.355 e. The van der Waals surface area contributed by atoms with E-state index in [1.807, 2.05) is 7.05 Å². The summed E-state index contributed by atoms with van der Waals surface area (Å²) in [4.78, 5) is 13.7. The average Bonchev–Trinajstić information content (AvgIpc) is 2.14. The third-order valence-electron chi connectivity index (χ3n) is 2.62. The summed E-state index contributed by atoms with van der Waals surface area (Å²) in [5.74, 6) is 1.53. The molecule has 0 spiro atoms. The van der Waals surface area contributed by atoms with Gasteiger partial charge in [0, 0.05) is 14.5 Å². The van der Waals surface area contributed by atoms with Gasteiger partial charge in [0.05, 0.1) is 6.54 Å². The highest BCUT2D eigenvalue weighted by molar-refractivity contribution is 5.77. The summed E-state index contributed by atoms with van der Waals surface area (Å²) in [5.41, 5.74) is 0. The third kappa shape index (κ3) is 11.7. The van der Waals surface area contributed by atoms with E-state index in [4.69, 9.17) is 0 Å². The maximum absolute atomic E-state index is 11.6. The molecule has 0 aromatic rings. The molecule has 0 saturated carbocycles. The zero-order valence-corrected chi connectivity index (χ0v) is 12.3. The first-order chi connectivity index (χ1) is 7.91. The number of nitrogens with zero attached hydrogens (tertiary/aromatic N) is 1. The molecule has 0 aliphatic heterocycles. The van der Waals surface area contributed by atoms with Gasteiger partial charge in [0.2, 0.25) is 5.91 Å². The average molecular weight is 244 g/mol. The fourth-order valence-electron chi connectivity index (χ4n) is 1.89. The normalized spacial score (nSPS) is 11.5. The van der Waals surface area contributed by atoms with Gasteiger partial charge in [-0.25, -0.2) is 0 Å². The zero-order valence-electron chi connectivity index (χ0n) is 12.3. The number of carbonyl (C=O) groups is 1. The van der Waals surface area contributed by atoms with Crippen molar-refractivity contribution in [2.24, 2.45) is 11.8 Å². The first kappa shape index (κ1) is 16.4. The van der Waals surface area contributed by atoms with Gasteiger partial charge in [-0.05, 0) is 25.3 Å². The molecule has 0 aliphatic carbocycles. The molecule has 104 valence electrons. The topological polar surface area (TPSA) is 32.3 Å². The number of hydrogen-bond acceptors (Lipinski definition) is 2. The predicted octanol–water partition coefficient (Wildman–Crippen LogP) is 2.76. The molecule has 0 atom stereocenters. The SMILES string of the molecule is CC(C)CCCCNC(=O)CN(C)CC(C)C.[HH]. The van der Waals surface area contributed by atoms with Crippen molar-refractivity contribution < 1.29 is 6.22 Å². The lowest BCUT2D eigenvalue weighted by molar-refractivity contribution is -0.122. The van der Waals surface area contributed by atoms with Gasteiger partial charge in [-0.15, -0.1) is 0 Å². The first-order valence-corrected chi connectivity index (χ1v) is 6.87. The second-order valence-electron chi connectivity index (χ2n) is 5.83. The van der Waals surface area contributed by atoms with Gasteiger partial charge in [0.1, 0.15) is 0 Å². The van der Waals surface area contributed by atoms with Crippen molar-refractivity contribution in [3.05, 3.63) is 0 Å². The van der Waals surface area contributed by atoms with Crippen molar-refractivity contribution >= 4 is 5.91 Å². The number of hydrogen-bond donors (Lipinski definition) is 1. The van der Waals surface area contributed by atoms with E-state index in [1.54, 1.807) is 0 Å². The van der Waals surface area contributed by atoms with Gasteiger partial charge in [-0.2, -0.15) is 0 Å². The highest BCUT2D eigenvalue weighted by atomic mass is 16.2. The van der Waals surface area contributed by atoms with Crippen molar-refractivity contribution in [2.45, 2.75) is 47.0 Å². The fraction of sp³-hybridized carbons (Fsp3) is 0.929. The molecule has 0 aromatic carbocycles. The molecule has 0 aromatic heterocycles. The van der Waals surface area contributed by atoms with Crippen LogP contribution in [-0.4, -0.2) is 37.5 Å². The van der Waals surface area contributed by atoms with E-state index in [1.165, 1.54) is 12.8 Å². The Morgan fingerprint density at radius 1 is 1.18 bits per heavy atom. The quantitative estimate of drug-likeness (QED) is 0.633. The van der Waals surface area contributed by atoms with Crippen molar-refractivity contribution in [1.29, 1.82) is 0 Å². The van der Waals surface area contributed by atoms with E-state index in [0.29, 0.717) is 12.5 Å². The van der Waals surface area contributed by atoms with E-state index in [-0.39, 0.29) is 7.33 Å². The standard InChI is InChI=1S/C14H30N2O.H2/c1-12(2)8-6-7-9-15-14(17)11-16(5)10-13(3)4;/h12-13H,6-11H2,1-5H3,(H,15,17);1H. The molecule has 0 bridgehead atoms. The number of rotatable bonds is 9. The van der Waals surface area contributed by atoms with E-state index in [0.717, 1.165) is 25.4 Å². The first-order valence-electron chi connectivity index (χ1n) is 6.87. The Hall–Kier alpha value is -0.570. The molecule has 0 fully saturated rings. The molecule has 0 radical (unpaired) electrons. The maximum atomic E-state index is 11.6. The Balaban J connectivity index is 0. The zero-order chi connectivity index (χ0) is 13.3. The number of likely N-dealkylation sites (N-methyl/N-ethyl adjacent to an activating group) is 1. The summed E-state index contributed by atoms with van der Waals surface area (Å²) in [6.07, 6.45) is 3.56. The van der Waals surface area contributed by atoms with Gasteiger partial charge in [0.15, 0.2) is 0 Å². The van der Waals surface area contributed by atoms with Crippen molar-refractivity contribution in [2.75, 3.05) is 26.7 Å². The Morgan fingerprint density at radius 2 is 1.82 bits per heavy atom. The Kier molecular flexibility index (Phi) is 9.14. The van der Waals surface area contributed by atoms with Crippen LogP contribution in [0.5, 0.6) is 0 Å². The van der Waals surface area contributed by atoms with Crippen molar-refractivity contribution in [1.82, 2.24) is 10.2 Å². The molecule has 0 saturated heterocycles. The largest absolute Gasteiger partial charge is 0.355 e. The second kappa shape index (κ2) is 9.46. The van der Waals surface area contributed by atoms with Crippen LogP contribution < -0.4 is 5.32 Å². The summed E-state index contributed by atoms with van der Waals surface area (Å²) < 4.78 is 0. The molecule has 1 amide bonds. The van der Waals surface area contributed by atoms with Crippen molar-refractivity contribution in [3.63, 3.8) is 0 Å². The summed E-state index contributed by atoms with van der Waals surface area (Å²) >= 11 is 0. The molecule has 3 heteroatoms. The number of amides is 1. The van der Waals surface area contributed by atoms with E-state index in [2.05, 4.69) is 37.9 Å². The lowest BCUT2D eigenvalue weighted by atomic mass is 10.1. The number of unbranched alkanes of at least 4 members (excludes halogenated alkanes) is 1. The molecule has 0 rings (SSSR count). The lowest BCUT2D eigenvalue weighted by Gasteiger charge is -2.18. The van der Waals surface area contributed by atoms with Crippen LogP contribution in [0.2, 0.25) is 0 Å². The van der Waals surface area contributed by atoms with E-state index < -0.39 is 0 Å². The van der Waals surface area contributed by atoms with Gasteiger partial charge in [-0.3, -0.25) is 9.69 Å². The van der Waals surface area contributed by atoms with Crippen LogP contribution in [0.25, 0.3) is 0 Å². The Labute approximate surface area is 108 Å². The van der Waals surface area contributed by atoms with Gasteiger partial charge in [0.25, 0.3) is 0 Å². The molecule has 17 heavy (non-hydrogen) atoms. The highest BCUT2D eigenvalue weighted by Crippen LogP contribution is 2.05. The maximum Gasteiger partial charge on any atom is 0.234 e. The Bertz CT molecular complexity index is 208. The van der Waals surface area contributed by atoms with Crippen LogP contribution in [0.1, 0.15) is 48.4 Å². The van der Waals surface area contributed by atoms with Gasteiger partial charge in [-0.1, -0.05) is 40.5 Å². The third-order valence-corrected chi connectivity index (χ3v) is 2.62. The van der Waals surface area contributed by atoms with Crippen molar-refractivity contribution in [3.8, 4) is 0 Å². The van der Waals surface area contributed by atoms with Crippen LogP contribution in [0.3, 0.4) is 0 Å². The smallest absolute Gasteiger partial charge is 0.234 e. The molecular formula is C14H32N2O. The van der Waals surface area contributed by atoms with Crippen LogP contribution in [0, 0.1) is 11.8 Å². The summed E-state index contributed by atoms with van der Waals surface area (Å²) in [6, 6.07) is 0. The monoisotopic (exact) mass is 244 g/mol. The highest BCUT2D eigenvalue weighted by Gasteiger charge is 2.07. The van der Waals surface area contributed by atoms with Gasteiger partial charge >= 0.3 is 0 Å². The second-order valence-corrected chi connectivity index (χ2v) is 5.83. The molecular weight excluding hydrogens is 212 g/mol. The molecule has 0 heterocycles. The summed E-state index contributed by atoms with van der Waals surface area (Å²) in [7, 11) is 2.00. The predicted molar refractivity (Wildman–Crippen MR) is 76.1 cm³/mol. The number of nitrogens with one attached hydrogen (secondary N) is 1. The lowest BCUT2D eigenvalue weighted by Crippen LogP contribution is -2.37. The summed E-state index contributed by atoms with van der Waals surface area (Å²) in [6.45, 7) is 11.1. The van der Waals surface area contributed by atoms with Crippen LogP contribution >= 0.6 is 0 Å². The number of carbonyl (C=O) groups excluding carboxylic acids is 1. The van der Waals surface area contributed by atoms with Crippen LogP contribution in [0.15, 0.2) is 0 Å². The fourth-order valence-corrected chi connectivity index (χ4v) is 1.89.